The van der Waals surface area contributed by atoms with Crippen LogP contribution in [0.25, 0.3) is 0 Å². The van der Waals surface area contributed by atoms with E-state index >= 15 is 0 Å². The molecule has 1 unspecified atom stereocenters. The van der Waals surface area contributed by atoms with Crippen LogP contribution in [-0.2, 0) is 24.0 Å². The van der Waals surface area contributed by atoms with Crippen molar-refractivity contribution in [3.63, 3.8) is 0 Å². The zero-order chi connectivity index (χ0) is 28.8. The number of methoxy groups -OCH3 is 2. The second-order valence-corrected chi connectivity index (χ2v) is 16.8. The van der Waals surface area contributed by atoms with Gasteiger partial charge in [0.1, 0.15) is 11.5 Å². The van der Waals surface area contributed by atoms with Crippen molar-refractivity contribution in [3.8, 4) is 11.5 Å². The van der Waals surface area contributed by atoms with Crippen LogP contribution in [-0.4, -0.2) is 37.4 Å². The molecular weight excluding hydrogens is 504 g/mol. The van der Waals surface area contributed by atoms with Gasteiger partial charge in [0.15, 0.2) is 8.32 Å². The van der Waals surface area contributed by atoms with E-state index in [4.69, 9.17) is 13.9 Å². The Kier molecular flexibility index (Phi) is 10.4. The van der Waals surface area contributed by atoms with Gasteiger partial charge in [0, 0.05) is 29.3 Å². The van der Waals surface area contributed by atoms with Crippen molar-refractivity contribution < 1.29 is 19.0 Å². The normalized spacial score (nSPS) is 13.8. The van der Waals surface area contributed by atoms with E-state index in [0.29, 0.717) is 6.54 Å². The topological polar surface area (TPSA) is 65.7 Å². The molecule has 2 aromatic carbocycles. The summed E-state index contributed by atoms with van der Waals surface area (Å²) in [5.74, 6) is 1.74. The maximum Gasteiger partial charge on any atom is 0.192 e. The number of hydrogen-bond acceptors (Lipinski definition) is 5. The minimum atomic E-state index is -2.17. The smallest absolute Gasteiger partial charge is 0.192 e. The van der Waals surface area contributed by atoms with Crippen LogP contribution in [0, 0.1) is 19.8 Å². The first-order valence-electron chi connectivity index (χ1n) is 14.0. The summed E-state index contributed by atoms with van der Waals surface area (Å²) >= 11 is 0. The molecule has 0 amide bonds. The molecule has 2 atom stereocenters. The van der Waals surface area contributed by atoms with Crippen LogP contribution < -0.4 is 9.47 Å². The molecule has 0 bridgehead atoms. The number of ether oxygens (including phenoxy) is 2. The Labute approximate surface area is 236 Å². The van der Waals surface area contributed by atoms with Gasteiger partial charge in [0.2, 0.25) is 0 Å². The molecule has 0 spiro atoms. The standard InChI is InChI=1S/C32H48N2O4Si/c1-23-29(36-6)18-27(19-30(23)37-7)31(38-39(8,9)32(3,4)5)26(17-13-16-25-14-11-10-12-15-25)21-34-24(2)28(22-35)20-33-34/h10-12,14-15,18-20,26,31,35H,13,16-17,21-22H2,1-9H3/t26-,31?/m1/s1. The Balaban J connectivity index is 2.08. The molecule has 214 valence electrons. The van der Waals surface area contributed by atoms with Gasteiger partial charge in [-0.05, 0) is 74.5 Å². The molecule has 0 radical (unpaired) electrons. The molecule has 0 fully saturated rings. The van der Waals surface area contributed by atoms with Gasteiger partial charge >= 0.3 is 0 Å². The molecule has 6 nitrogen and oxygen atoms in total. The Morgan fingerprint density at radius 3 is 2.13 bits per heavy atom. The van der Waals surface area contributed by atoms with E-state index in [0.717, 1.165) is 53.1 Å². The lowest BCUT2D eigenvalue weighted by atomic mass is 9.89. The predicted octanol–water partition coefficient (Wildman–Crippen LogP) is 7.41. The Bertz CT molecular complexity index is 1180. The number of hydrogen-bond donors (Lipinski definition) is 1. The summed E-state index contributed by atoms with van der Waals surface area (Å²) in [5, 5.41) is 14.5. The van der Waals surface area contributed by atoms with Crippen LogP contribution in [0.1, 0.15) is 67.7 Å². The van der Waals surface area contributed by atoms with Gasteiger partial charge in [-0.3, -0.25) is 4.68 Å². The molecule has 0 aliphatic rings. The molecule has 0 aliphatic heterocycles. The summed E-state index contributed by atoms with van der Waals surface area (Å²) in [6, 6.07) is 14.9. The zero-order valence-electron chi connectivity index (χ0n) is 25.4. The number of benzene rings is 2. The zero-order valence-corrected chi connectivity index (χ0v) is 26.4. The van der Waals surface area contributed by atoms with Crippen LogP contribution >= 0.6 is 0 Å². The molecule has 39 heavy (non-hydrogen) atoms. The summed E-state index contributed by atoms with van der Waals surface area (Å²) in [6.45, 7) is 16.2. The van der Waals surface area contributed by atoms with Crippen molar-refractivity contribution in [1.29, 1.82) is 0 Å². The summed E-state index contributed by atoms with van der Waals surface area (Å²) in [4.78, 5) is 0. The van der Waals surface area contributed by atoms with Gasteiger partial charge in [-0.2, -0.15) is 5.10 Å². The van der Waals surface area contributed by atoms with Crippen LogP contribution in [0.15, 0.2) is 48.7 Å². The average molecular weight is 553 g/mol. The van der Waals surface area contributed by atoms with Gasteiger partial charge in [-0.1, -0.05) is 51.1 Å². The van der Waals surface area contributed by atoms with Crippen molar-refractivity contribution in [2.75, 3.05) is 14.2 Å². The van der Waals surface area contributed by atoms with E-state index < -0.39 is 8.32 Å². The number of aromatic nitrogens is 2. The molecule has 7 heteroatoms. The molecule has 1 aromatic heterocycles. The van der Waals surface area contributed by atoms with Crippen molar-refractivity contribution in [2.24, 2.45) is 5.92 Å². The highest BCUT2D eigenvalue weighted by Gasteiger charge is 2.41. The number of aliphatic hydroxyl groups is 1. The number of aliphatic hydroxyl groups excluding tert-OH is 1. The summed E-state index contributed by atoms with van der Waals surface area (Å²) in [6.07, 6.45) is 4.59. The van der Waals surface area contributed by atoms with Gasteiger partial charge in [-0.15, -0.1) is 0 Å². The third kappa shape index (κ3) is 7.53. The maximum atomic E-state index is 9.80. The van der Waals surface area contributed by atoms with Gasteiger partial charge < -0.3 is 19.0 Å². The fourth-order valence-corrected chi connectivity index (χ4v) is 6.12. The summed E-state index contributed by atoms with van der Waals surface area (Å²) in [7, 11) is 1.24. The second kappa shape index (κ2) is 13.2. The third-order valence-corrected chi connectivity index (χ3v) is 12.9. The number of aryl methyl sites for hydroxylation is 1. The molecule has 0 saturated carbocycles. The second-order valence-electron chi connectivity index (χ2n) is 12.1. The van der Waals surface area contributed by atoms with E-state index in [1.165, 1.54) is 5.56 Å². The molecular formula is C32H48N2O4Si. The number of nitrogens with zero attached hydrogens (tertiary/aromatic N) is 2. The van der Waals surface area contributed by atoms with Crippen molar-refractivity contribution in [2.45, 2.75) is 91.3 Å². The highest BCUT2D eigenvalue weighted by molar-refractivity contribution is 6.74. The van der Waals surface area contributed by atoms with Crippen molar-refractivity contribution in [1.82, 2.24) is 9.78 Å². The van der Waals surface area contributed by atoms with Crippen molar-refractivity contribution in [3.05, 3.63) is 76.6 Å². The number of rotatable bonds is 13. The molecule has 1 heterocycles. The largest absolute Gasteiger partial charge is 0.496 e. The lowest BCUT2D eigenvalue weighted by Crippen LogP contribution is -2.43. The van der Waals surface area contributed by atoms with E-state index in [1.54, 1.807) is 20.4 Å². The van der Waals surface area contributed by atoms with Crippen LogP contribution in [0.2, 0.25) is 18.1 Å². The van der Waals surface area contributed by atoms with Gasteiger partial charge in [-0.25, -0.2) is 0 Å². The first-order chi connectivity index (χ1) is 18.4. The maximum absolute atomic E-state index is 9.80. The highest BCUT2D eigenvalue weighted by Crippen LogP contribution is 2.45. The Morgan fingerprint density at radius 1 is 1.00 bits per heavy atom. The summed E-state index contributed by atoms with van der Waals surface area (Å²) in [5.41, 5.74) is 5.24. The summed E-state index contributed by atoms with van der Waals surface area (Å²) < 4.78 is 20.9. The third-order valence-electron chi connectivity index (χ3n) is 8.42. The van der Waals surface area contributed by atoms with E-state index in [-0.39, 0.29) is 23.7 Å². The minimum Gasteiger partial charge on any atom is -0.496 e. The molecule has 0 saturated heterocycles. The fourth-order valence-electron chi connectivity index (χ4n) is 4.80. The lowest BCUT2D eigenvalue weighted by molar-refractivity contribution is 0.0965. The minimum absolute atomic E-state index is 0.0131. The predicted molar refractivity (Wildman–Crippen MR) is 161 cm³/mol. The van der Waals surface area contributed by atoms with Crippen LogP contribution in [0.5, 0.6) is 11.5 Å². The lowest BCUT2D eigenvalue weighted by Gasteiger charge is -2.42. The fraction of sp³-hybridized carbons (Fsp3) is 0.531. The monoisotopic (exact) mass is 552 g/mol. The first kappa shape index (κ1) is 30.9. The van der Waals surface area contributed by atoms with E-state index in [9.17, 15) is 5.11 Å². The quantitative estimate of drug-likeness (QED) is 0.224. The molecule has 3 aromatic rings. The molecule has 3 rings (SSSR count). The molecule has 0 aliphatic carbocycles. The Hall–Kier alpha value is -2.61. The van der Waals surface area contributed by atoms with Gasteiger partial charge in [0.05, 0.1) is 33.1 Å². The SMILES string of the molecule is COc1cc(C(O[Si](C)(C)C(C)(C)C)[C@H](CCCc2ccccc2)Cn2ncc(CO)c2C)cc(OC)c1C. The van der Waals surface area contributed by atoms with E-state index in [1.807, 2.05) is 18.5 Å². The van der Waals surface area contributed by atoms with Crippen molar-refractivity contribution >= 4 is 8.32 Å². The van der Waals surface area contributed by atoms with E-state index in [2.05, 4.69) is 81.4 Å². The Morgan fingerprint density at radius 2 is 1.62 bits per heavy atom. The van der Waals surface area contributed by atoms with Crippen LogP contribution in [0.4, 0.5) is 0 Å². The van der Waals surface area contributed by atoms with Crippen LogP contribution in [0.3, 0.4) is 0 Å². The van der Waals surface area contributed by atoms with Gasteiger partial charge in [0.25, 0.3) is 0 Å². The average Bonchev–Trinajstić information content (AvgIpc) is 3.25. The highest BCUT2D eigenvalue weighted by atomic mass is 28.4. The first-order valence-corrected chi connectivity index (χ1v) is 16.9. The molecule has 1 N–H and O–H groups in total.